The van der Waals surface area contributed by atoms with Gasteiger partial charge < -0.3 is 15.0 Å². The number of halogens is 1. The van der Waals surface area contributed by atoms with Crippen molar-refractivity contribution < 1.29 is 5.11 Å². The van der Waals surface area contributed by atoms with Crippen LogP contribution in [-0.4, -0.2) is 45.4 Å². The zero-order valence-electron chi connectivity index (χ0n) is 15.8. The Kier molecular flexibility index (Phi) is 14.0. The lowest BCUT2D eigenvalue weighted by Gasteiger charge is -2.20. The number of hydrogen-bond donors (Lipinski definition) is 2. The molecule has 0 aliphatic carbocycles. The van der Waals surface area contributed by atoms with Crippen LogP contribution in [-0.2, 0) is 6.42 Å². The van der Waals surface area contributed by atoms with Crippen molar-refractivity contribution in [1.82, 2.24) is 14.9 Å². The summed E-state index contributed by atoms with van der Waals surface area (Å²) in [5, 5.41) is 10.6. The molecule has 0 aromatic carbocycles. The highest BCUT2D eigenvalue weighted by Crippen LogP contribution is 2.18. The number of aromatic nitrogens is 2. The van der Waals surface area contributed by atoms with Gasteiger partial charge in [-0.05, 0) is 38.8 Å². The zero-order chi connectivity index (χ0) is 17.8. The Morgan fingerprint density at radius 3 is 2.28 bits per heavy atom. The van der Waals surface area contributed by atoms with E-state index >= 15 is 0 Å². The monoisotopic (exact) mass is 391 g/mol. The van der Waals surface area contributed by atoms with Gasteiger partial charge in [0, 0.05) is 12.3 Å². The standard InChI is InChI=1S/C18H33N3O2S.ClH/c1-4-7-8-9-10-15-16(22)19-18(20-17(15)23)24-14-13-21(11-5-2)12-6-3;/h4-14H2,1-3H3,(H2,19,20,22,23);1H. The van der Waals surface area contributed by atoms with Crippen molar-refractivity contribution in [3.8, 4) is 5.88 Å². The largest absolute Gasteiger partial charge is 0.493 e. The van der Waals surface area contributed by atoms with Gasteiger partial charge in [-0.15, -0.1) is 12.4 Å². The van der Waals surface area contributed by atoms with E-state index in [4.69, 9.17) is 0 Å². The number of hydrogen-bond acceptors (Lipinski definition) is 5. The van der Waals surface area contributed by atoms with Gasteiger partial charge >= 0.3 is 0 Å². The molecule has 0 aliphatic rings. The molecule has 0 fully saturated rings. The molecule has 0 atom stereocenters. The molecule has 0 unspecified atom stereocenters. The molecule has 0 saturated carbocycles. The second-order valence-corrected chi connectivity index (χ2v) is 7.26. The van der Waals surface area contributed by atoms with E-state index in [0.29, 0.717) is 17.1 Å². The van der Waals surface area contributed by atoms with Gasteiger partial charge in [0.15, 0.2) is 5.16 Å². The Morgan fingerprint density at radius 2 is 1.72 bits per heavy atom. The van der Waals surface area contributed by atoms with E-state index in [2.05, 4.69) is 35.6 Å². The second-order valence-electron chi connectivity index (χ2n) is 6.17. The van der Waals surface area contributed by atoms with Crippen molar-refractivity contribution in [3.63, 3.8) is 0 Å². The summed E-state index contributed by atoms with van der Waals surface area (Å²) in [5.74, 6) is 0.759. The molecule has 1 rings (SSSR count). The number of rotatable bonds is 13. The van der Waals surface area contributed by atoms with E-state index in [1.807, 2.05) is 0 Å². The minimum atomic E-state index is -0.194. The van der Waals surface area contributed by atoms with E-state index in [1.165, 1.54) is 11.8 Å². The van der Waals surface area contributed by atoms with E-state index in [-0.39, 0.29) is 23.8 Å². The summed E-state index contributed by atoms with van der Waals surface area (Å²) in [6.45, 7) is 9.69. The van der Waals surface area contributed by atoms with Gasteiger partial charge in [0.2, 0.25) is 5.88 Å². The lowest BCUT2D eigenvalue weighted by Crippen LogP contribution is -2.28. The molecule has 0 amide bonds. The predicted octanol–water partition coefficient (Wildman–Crippen LogP) is 4.23. The van der Waals surface area contributed by atoms with E-state index < -0.39 is 0 Å². The van der Waals surface area contributed by atoms with Gasteiger partial charge in [-0.3, -0.25) is 4.79 Å². The fraction of sp³-hybridized carbons (Fsp3) is 0.778. The molecule has 146 valence electrons. The Bertz CT molecular complexity index is 520. The number of nitrogens with zero attached hydrogens (tertiary/aromatic N) is 2. The number of H-pyrrole nitrogens is 1. The van der Waals surface area contributed by atoms with Gasteiger partial charge in [-0.1, -0.05) is 51.8 Å². The smallest absolute Gasteiger partial charge is 0.258 e. The maximum Gasteiger partial charge on any atom is 0.258 e. The summed E-state index contributed by atoms with van der Waals surface area (Å²) in [5.41, 5.74) is 0.231. The highest BCUT2D eigenvalue weighted by atomic mass is 35.5. The maximum atomic E-state index is 12.1. The Morgan fingerprint density at radius 1 is 1.04 bits per heavy atom. The summed E-state index contributed by atoms with van der Waals surface area (Å²) < 4.78 is 0. The lowest BCUT2D eigenvalue weighted by atomic mass is 10.1. The molecule has 1 aromatic rings. The minimum Gasteiger partial charge on any atom is -0.493 e. The summed E-state index contributed by atoms with van der Waals surface area (Å²) in [7, 11) is 0. The molecule has 0 spiro atoms. The van der Waals surface area contributed by atoms with E-state index in [1.54, 1.807) is 0 Å². The SMILES string of the molecule is CCCCCCc1c(O)nc(SCCN(CCC)CCC)[nH]c1=O.Cl. The first-order valence-electron chi connectivity index (χ1n) is 9.29. The Balaban J connectivity index is 0.00000576. The van der Waals surface area contributed by atoms with Crippen molar-refractivity contribution >= 4 is 24.2 Å². The van der Waals surface area contributed by atoms with Crippen LogP contribution in [0.1, 0.15) is 64.9 Å². The first-order chi connectivity index (χ1) is 11.6. The van der Waals surface area contributed by atoms with Crippen LogP contribution >= 0.6 is 24.2 Å². The Labute approximate surface area is 162 Å². The van der Waals surface area contributed by atoms with Gasteiger partial charge in [-0.25, -0.2) is 0 Å². The molecule has 5 nitrogen and oxygen atoms in total. The molecule has 2 N–H and O–H groups in total. The molecule has 1 heterocycles. The van der Waals surface area contributed by atoms with Gasteiger partial charge in [0.1, 0.15) is 0 Å². The van der Waals surface area contributed by atoms with Crippen LogP contribution in [0.15, 0.2) is 9.95 Å². The van der Waals surface area contributed by atoms with Crippen LogP contribution in [0.4, 0.5) is 0 Å². The van der Waals surface area contributed by atoms with Crippen molar-refractivity contribution in [1.29, 1.82) is 0 Å². The molecule has 0 radical (unpaired) electrons. The molecule has 0 saturated heterocycles. The van der Waals surface area contributed by atoms with E-state index in [9.17, 15) is 9.90 Å². The van der Waals surface area contributed by atoms with Gasteiger partial charge in [0.05, 0.1) is 5.56 Å². The van der Waals surface area contributed by atoms with Crippen molar-refractivity contribution in [2.75, 3.05) is 25.4 Å². The second kappa shape index (κ2) is 14.4. The third-order valence-electron chi connectivity index (χ3n) is 3.98. The molecule has 1 aromatic heterocycles. The van der Waals surface area contributed by atoms with Crippen molar-refractivity contribution in [3.05, 3.63) is 15.9 Å². The number of nitrogens with one attached hydrogen (secondary N) is 1. The number of thioether (sulfide) groups is 1. The average molecular weight is 392 g/mol. The first-order valence-corrected chi connectivity index (χ1v) is 10.3. The van der Waals surface area contributed by atoms with Crippen LogP contribution < -0.4 is 5.56 Å². The highest BCUT2D eigenvalue weighted by Gasteiger charge is 2.11. The summed E-state index contributed by atoms with van der Waals surface area (Å²) in [4.78, 5) is 21.6. The predicted molar refractivity (Wildman–Crippen MR) is 109 cm³/mol. The van der Waals surface area contributed by atoms with Crippen LogP contribution in [0.25, 0.3) is 0 Å². The zero-order valence-corrected chi connectivity index (χ0v) is 17.5. The Hall–Kier alpha value is -0.720. The fourth-order valence-electron chi connectivity index (χ4n) is 2.73. The molecule has 25 heavy (non-hydrogen) atoms. The lowest BCUT2D eigenvalue weighted by molar-refractivity contribution is 0.292. The number of unbranched alkanes of at least 4 members (excludes halogenated alkanes) is 3. The maximum absolute atomic E-state index is 12.1. The van der Waals surface area contributed by atoms with Crippen LogP contribution in [0.5, 0.6) is 5.88 Å². The molecule has 0 bridgehead atoms. The quantitative estimate of drug-likeness (QED) is 0.299. The topological polar surface area (TPSA) is 69.2 Å². The van der Waals surface area contributed by atoms with Crippen LogP contribution in [0, 0.1) is 0 Å². The third-order valence-corrected chi connectivity index (χ3v) is 4.83. The molecular weight excluding hydrogens is 358 g/mol. The fourth-order valence-corrected chi connectivity index (χ4v) is 3.59. The summed E-state index contributed by atoms with van der Waals surface area (Å²) in [6.07, 6.45) is 7.20. The number of aromatic amines is 1. The minimum absolute atomic E-state index is 0. The first kappa shape index (κ1) is 24.3. The van der Waals surface area contributed by atoms with Gasteiger partial charge in [-0.2, -0.15) is 4.98 Å². The van der Waals surface area contributed by atoms with Crippen molar-refractivity contribution in [2.24, 2.45) is 0 Å². The third kappa shape index (κ3) is 9.52. The summed E-state index contributed by atoms with van der Waals surface area (Å²) >= 11 is 1.50. The summed E-state index contributed by atoms with van der Waals surface area (Å²) in [6, 6.07) is 0. The van der Waals surface area contributed by atoms with Crippen molar-refractivity contribution in [2.45, 2.75) is 70.9 Å². The highest BCUT2D eigenvalue weighted by molar-refractivity contribution is 7.99. The van der Waals surface area contributed by atoms with Crippen LogP contribution in [0.3, 0.4) is 0 Å². The molecule has 7 heteroatoms. The van der Waals surface area contributed by atoms with Crippen LogP contribution in [0.2, 0.25) is 0 Å². The average Bonchev–Trinajstić information content (AvgIpc) is 2.54. The van der Waals surface area contributed by atoms with E-state index in [0.717, 1.165) is 63.9 Å². The molecular formula is C18H34ClN3O2S. The van der Waals surface area contributed by atoms with Gasteiger partial charge in [0.25, 0.3) is 5.56 Å². The number of aromatic hydroxyl groups is 1. The molecule has 0 aliphatic heterocycles. The normalized spacial score (nSPS) is 10.9.